The molecule has 28 heavy (non-hydrogen) atoms. The van der Waals surface area contributed by atoms with Gasteiger partial charge >= 0.3 is 5.97 Å². The second-order valence-electron chi connectivity index (χ2n) is 7.89. The van der Waals surface area contributed by atoms with Gasteiger partial charge in [0, 0.05) is 23.4 Å². The van der Waals surface area contributed by atoms with Gasteiger partial charge < -0.3 is 4.74 Å². The van der Waals surface area contributed by atoms with E-state index < -0.39 is 0 Å². The van der Waals surface area contributed by atoms with Crippen molar-refractivity contribution < 1.29 is 14.3 Å². The molecule has 1 aliphatic rings. The number of esters is 1. The Morgan fingerprint density at radius 1 is 1.25 bits per heavy atom. The summed E-state index contributed by atoms with van der Waals surface area (Å²) in [6.45, 7) is 12.7. The largest absolute Gasteiger partial charge is 0.407 e. The van der Waals surface area contributed by atoms with E-state index in [2.05, 4.69) is 25.9 Å². The van der Waals surface area contributed by atoms with Crippen molar-refractivity contribution in [1.29, 1.82) is 0 Å². The molecule has 0 N–H and O–H groups in total. The molecule has 0 saturated heterocycles. The third-order valence-electron chi connectivity index (χ3n) is 5.45. The van der Waals surface area contributed by atoms with Gasteiger partial charge in [0.05, 0.1) is 6.20 Å². The Morgan fingerprint density at radius 2 is 1.96 bits per heavy atom. The average Bonchev–Trinajstić information content (AvgIpc) is 3.05. The fraction of sp³-hybridized carbons (Fsp3) is 0.500. The Morgan fingerprint density at radius 3 is 2.61 bits per heavy atom. The van der Waals surface area contributed by atoms with Crippen LogP contribution in [-0.2, 0) is 16.8 Å². The highest BCUT2D eigenvalue weighted by atomic mass is 32.2. The summed E-state index contributed by atoms with van der Waals surface area (Å²) in [6.07, 6.45) is 2.83. The number of rotatable bonds is 5. The van der Waals surface area contributed by atoms with Crippen molar-refractivity contribution in [2.24, 2.45) is 0 Å². The predicted molar refractivity (Wildman–Crippen MR) is 112 cm³/mol. The Labute approximate surface area is 170 Å². The SMILES string of the molecule is CCC(=O)Oc1c(C(=O)c2cc(C)c3c(c2C)C(C)(C)CCS3)cnn1CC. The van der Waals surface area contributed by atoms with Gasteiger partial charge in [-0.15, -0.1) is 11.8 Å². The zero-order chi connectivity index (χ0) is 20.6. The number of ether oxygens (including phenoxy) is 1. The molecular formula is C22H28N2O3S. The highest BCUT2D eigenvalue weighted by molar-refractivity contribution is 7.99. The molecule has 2 aromatic rings. The van der Waals surface area contributed by atoms with Crippen molar-refractivity contribution in [2.75, 3.05) is 5.75 Å². The lowest BCUT2D eigenvalue weighted by Crippen LogP contribution is -2.26. The molecule has 3 rings (SSSR count). The van der Waals surface area contributed by atoms with Crippen molar-refractivity contribution in [3.05, 3.63) is 40.1 Å². The van der Waals surface area contributed by atoms with E-state index in [1.165, 1.54) is 16.7 Å². The van der Waals surface area contributed by atoms with E-state index in [4.69, 9.17) is 4.74 Å². The van der Waals surface area contributed by atoms with Gasteiger partial charge in [-0.2, -0.15) is 5.10 Å². The van der Waals surface area contributed by atoms with Crippen molar-refractivity contribution in [3.8, 4) is 5.88 Å². The van der Waals surface area contributed by atoms with Gasteiger partial charge in [0.25, 0.3) is 0 Å². The van der Waals surface area contributed by atoms with Crippen LogP contribution in [0.15, 0.2) is 17.2 Å². The molecule has 1 aromatic heterocycles. The van der Waals surface area contributed by atoms with Crippen LogP contribution < -0.4 is 4.74 Å². The topological polar surface area (TPSA) is 61.2 Å². The first-order valence-electron chi connectivity index (χ1n) is 9.79. The van der Waals surface area contributed by atoms with Crippen LogP contribution in [0.3, 0.4) is 0 Å². The molecule has 150 valence electrons. The summed E-state index contributed by atoms with van der Waals surface area (Å²) >= 11 is 1.87. The van der Waals surface area contributed by atoms with Gasteiger partial charge in [-0.1, -0.05) is 20.8 Å². The van der Waals surface area contributed by atoms with Crippen LogP contribution in [-0.4, -0.2) is 27.3 Å². The van der Waals surface area contributed by atoms with E-state index in [0.29, 0.717) is 17.7 Å². The molecule has 1 aliphatic heterocycles. The number of hydrogen-bond donors (Lipinski definition) is 0. The number of benzene rings is 1. The fourth-order valence-electron chi connectivity index (χ4n) is 3.85. The zero-order valence-electron chi connectivity index (χ0n) is 17.5. The number of nitrogens with zero attached hydrogens (tertiary/aromatic N) is 2. The minimum atomic E-state index is -0.375. The maximum atomic E-state index is 13.5. The molecule has 5 nitrogen and oxygen atoms in total. The quantitative estimate of drug-likeness (QED) is 0.531. The first-order chi connectivity index (χ1) is 13.2. The summed E-state index contributed by atoms with van der Waals surface area (Å²) in [5, 5.41) is 4.25. The van der Waals surface area contributed by atoms with E-state index in [1.807, 2.05) is 31.7 Å². The van der Waals surface area contributed by atoms with Gasteiger partial charge in [-0.05, 0) is 61.1 Å². The predicted octanol–water partition coefficient (Wildman–Crippen LogP) is 4.84. The molecule has 0 spiro atoms. The molecule has 0 fully saturated rings. The van der Waals surface area contributed by atoms with Crippen LogP contribution in [0.25, 0.3) is 0 Å². The van der Waals surface area contributed by atoms with Crippen molar-refractivity contribution in [3.63, 3.8) is 0 Å². The van der Waals surface area contributed by atoms with Gasteiger partial charge in [-0.3, -0.25) is 9.59 Å². The van der Waals surface area contributed by atoms with Gasteiger partial charge in [-0.25, -0.2) is 4.68 Å². The third-order valence-corrected chi connectivity index (χ3v) is 6.68. The molecular weight excluding hydrogens is 372 g/mol. The minimum absolute atomic E-state index is 0.0246. The highest BCUT2D eigenvalue weighted by Crippen LogP contribution is 2.46. The monoisotopic (exact) mass is 400 g/mol. The van der Waals surface area contributed by atoms with Crippen molar-refractivity contribution in [2.45, 2.75) is 71.2 Å². The summed E-state index contributed by atoms with van der Waals surface area (Å²) in [5.41, 5.74) is 4.43. The van der Waals surface area contributed by atoms with E-state index in [0.717, 1.165) is 23.3 Å². The van der Waals surface area contributed by atoms with E-state index in [-0.39, 0.29) is 29.5 Å². The number of fused-ring (bicyclic) bond motifs is 1. The van der Waals surface area contributed by atoms with Gasteiger partial charge in [0.2, 0.25) is 5.88 Å². The molecule has 0 aliphatic carbocycles. The van der Waals surface area contributed by atoms with E-state index in [9.17, 15) is 9.59 Å². The molecule has 0 radical (unpaired) electrons. The molecule has 6 heteroatoms. The summed E-state index contributed by atoms with van der Waals surface area (Å²) in [6, 6.07) is 1.97. The smallest absolute Gasteiger partial charge is 0.312 e. The second-order valence-corrected chi connectivity index (χ2v) is 8.99. The van der Waals surface area contributed by atoms with Gasteiger partial charge in [0.15, 0.2) is 5.78 Å². The second kappa shape index (κ2) is 7.74. The molecule has 0 atom stereocenters. The third kappa shape index (κ3) is 3.50. The van der Waals surface area contributed by atoms with E-state index in [1.54, 1.807) is 11.6 Å². The van der Waals surface area contributed by atoms with E-state index >= 15 is 0 Å². The Bertz CT molecular complexity index is 944. The number of carbonyl (C=O) groups is 2. The molecule has 0 amide bonds. The highest BCUT2D eigenvalue weighted by Gasteiger charge is 2.33. The van der Waals surface area contributed by atoms with Gasteiger partial charge in [0.1, 0.15) is 5.56 Å². The Kier molecular flexibility index (Phi) is 5.71. The zero-order valence-corrected chi connectivity index (χ0v) is 18.3. The number of aryl methyl sites for hydroxylation is 2. The Balaban J connectivity index is 2.14. The molecule has 2 heterocycles. The van der Waals surface area contributed by atoms with Crippen LogP contribution in [0.2, 0.25) is 0 Å². The summed E-state index contributed by atoms with van der Waals surface area (Å²) in [5.74, 6) is 0.810. The Hall–Kier alpha value is -2.08. The molecule has 0 saturated carbocycles. The lowest BCUT2D eigenvalue weighted by atomic mass is 9.77. The number of ketones is 1. The van der Waals surface area contributed by atoms with Crippen molar-refractivity contribution >= 4 is 23.5 Å². The molecule has 0 unspecified atom stereocenters. The van der Waals surface area contributed by atoms with Crippen LogP contribution >= 0.6 is 11.8 Å². The number of thioether (sulfide) groups is 1. The summed E-state index contributed by atoms with van der Waals surface area (Å²) < 4.78 is 7.02. The fourth-order valence-corrected chi connectivity index (χ4v) is 5.53. The summed E-state index contributed by atoms with van der Waals surface area (Å²) in [4.78, 5) is 26.7. The molecule has 0 bridgehead atoms. The lowest BCUT2D eigenvalue weighted by Gasteiger charge is -2.35. The average molecular weight is 401 g/mol. The number of hydrogen-bond acceptors (Lipinski definition) is 5. The normalized spacial score (nSPS) is 15.2. The van der Waals surface area contributed by atoms with Crippen LogP contribution in [0, 0.1) is 13.8 Å². The first-order valence-corrected chi connectivity index (χ1v) is 10.8. The maximum Gasteiger partial charge on any atom is 0.312 e. The van der Waals surface area contributed by atoms with Crippen LogP contribution in [0.5, 0.6) is 5.88 Å². The van der Waals surface area contributed by atoms with Crippen molar-refractivity contribution in [1.82, 2.24) is 9.78 Å². The summed E-state index contributed by atoms with van der Waals surface area (Å²) in [7, 11) is 0. The first kappa shape index (κ1) is 20.6. The standard InChI is InChI=1S/C22H28N2O3S/c1-7-17(25)27-21-16(12-23-24(21)8-2)19(26)15-11-13(3)20-18(14(15)4)22(5,6)9-10-28-20/h11-12H,7-10H2,1-6H3. The maximum absolute atomic E-state index is 13.5. The molecule has 1 aromatic carbocycles. The lowest BCUT2D eigenvalue weighted by molar-refractivity contribution is -0.134. The minimum Gasteiger partial charge on any atom is -0.407 e. The van der Waals surface area contributed by atoms with Crippen LogP contribution in [0.1, 0.15) is 73.1 Å². The number of aromatic nitrogens is 2. The van der Waals surface area contributed by atoms with Crippen LogP contribution in [0.4, 0.5) is 0 Å². The number of carbonyl (C=O) groups excluding carboxylic acids is 2.